The number of fused-ring (bicyclic) bond motifs is 1. The van der Waals surface area contributed by atoms with Crippen molar-refractivity contribution in [1.82, 2.24) is 4.98 Å². The summed E-state index contributed by atoms with van der Waals surface area (Å²) in [6.07, 6.45) is 8.56. The molecule has 0 aliphatic rings. The summed E-state index contributed by atoms with van der Waals surface area (Å²) in [5.41, 5.74) is 3.93. The molecule has 0 bridgehead atoms. The third-order valence-corrected chi connectivity index (χ3v) is 2.75. The fourth-order valence-electron chi connectivity index (χ4n) is 1.82. The topological polar surface area (TPSA) is 26.0 Å². The molecule has 18 heavy (non-hydrogen) atoms. The van der Waals surface area contributed by atoms with E-state index in [1.165, 1.54) is 5.56 Å². The van der Waals surface area contributed by atoms with Gasteiger partial charge in [0.05, 0.1) is 0 Å². The summed E-state index contributed by atoms with van der Waals surface area (Å²) in [5.74, 6) is 0.635. The number of aromatic nitrogens is 1. The molecule has 0 aliphatic carbocycles. The van der Waals surface area contributed by atoms with Gasteiger partial charge in [0, 0.05) is 5.57 Å². The fraction of sp³-hybridized carbons (Fsp3) is 0.188. The maximum atomic E-state index is 5.76. The number of allylic oxidation sites excluding steroid dienone is 5. The quantitative estimate of drug-likeness (QED) is 0.732. The molecule has 2 heteroatoms. The molecule has 1 aromatic carbocycles. The van der Waals surface area contributed by atoms with Crippen LogP contribution in [0, 0.1) is 0 Å². The smallest absolute Gasteiger partial charge is 0.227 e. The molecule has 0 aliphatic heterocycles. The molecule has 0 fully saturated rings. The lowest BCUT2D eigenvalue weighted by atomic mass is 10.1. The molecule has 1 heterocycles. The predicted octanol–water partition coefficient (Wildman–Crippen LogP) is 4.54. The highest BCUT2D eigenvalue weighted by Gasteiger charge is 2.08. The average molecular weight is 239 g/mol. The van der Waals surface area contributed by atoms with Gasteiger partial charge in [0.2, 0.25) is 5.89 Å². The molecule has 0 atom stereocenters. The lowest BCUT2D eigenvalue weighted by molar-refractivity contribution is 0.585. The van der Waals surface area contributed by atoms with Gasteiger partial charge in [0.15, 0.2) is 5.58 Å². The Morgan fingerprint density at radius 2 is 2.28 bits per heavy atom. The maximum Gasteiger partial charge on any atom is 0.227 e. The van der Waals surface area contributed by atoms with E-state index in [-0.39, 0.29) is 0 Å². The normalized spacial score (nSPS) is 12.4. The van der Waals surface area contributed by atoms with Crippen molar-refractivity contribution < 1.29 is 4.42 Å². The van der Waals surface area contributed by atoms with Gasteiger partial charge in [-0.1, -0.05) is 43.9 Å². The fourth-order valence-corrected chi connectivity index (χ4v) is 1.82. The van der Waals surface area contributed by atoms with Crippen LogP contribution in [0.3, 0.4) is 0 Å². The summed E-state index contributed by atoms with van der Waals surface area (Å²) < 4.78 is 5.76. The van der Waals surface area contributed by atoms with Crippen molar-refractivity contribution >= 4 is 16.7 Å². The number of hydrogen-bond acceptors (Lipinski definition) is 2. The van der Waals surface area contributed by atoms with E-state index in [1.807, 2.05) is 31.2 Å². The van der Waals surface area contributed by atoms with E-state index in [4.69, 9.17) is 4.42 Å². The Balaban J connectivity index is 2.51. The molecule has 0 radical (unpaired) electrons. The summed E-state index contributed by atoms with van der Waals surface area (Å²) in [4.78, 5) is 4.52. The second-order valence-electron chi connectivity index (χ2n) is 4.03. The molecule has 0 unspecified atom stereocenters. The van der Waals surface area contributed by atoms with Gasteiger partial charge in [-0.25, -0.2) is 4.98 Å². The molecule has 0 amide bonds. The van der Waals surface area contributed by atoms with Crippen LogP contribution in [0.25, 0.3) is 16.7 Å². The van der Waals surface area contributed by atoms with Crippen LogP contribution in [0.4, 0.5) is 0 Å². The average Bonchev–Trinajstić information content (AvgIpc) is 2.81. The Morgan fingerprint density at radius 3 is 2.94 bits per heavy atom. The van der Waals surface area contributed by atoms with Crippen molar-refractivity contribution in [1.29, 1.82) is 0 Å². The van der Waals surface area contributed by atoms with Gasteiger partial charge in [-0.2, -0.15) is 0 Å². The zero-order valence-corrected chi connectivity index (χ0v) is 10.8. The van der Waals surface area contributed by atoms with E-state index in [0.717, 1.165) is 23.1 Å². The highest BCUT2D eigenvalue weighted by molar-refractivity contribution is 5.79. The largest absolute Gasteiger partial charge is 0.436 e. The molecule has 0 saturated heterocycles. The van der Waals surface area contributed by atoms with Crippen LogP contribution in [0.1, 0.15) is 25.3 Å². The van der Waals surface area contributed by atoms with Crippen LogP contribution < -0.4 is 0 Å². The van der Waals surface area contributed by atoms with Crippen molar-refractivity contribution in [2.45, 2.75) is 20.3 Å². The van der Waals surface area contributed by atoms with E-state index in [9.17, 15) is 0 Å². The second-order valence-corrected chi connectivity index (χ2v) is 4.03. The number of oxazole rings is 1. The van der Waals surface area contributed by atoms with E-state index >= 15 is 0 Å². The van der Waals surface area contributed by atoms with Crippen LogP contribution in [-0.4, -0.2) is 4.98 Å². The number of rotatable bonds is 4. The Labute approximate surface area is 107 Å². The van der Waals surface area contributed by atoms with Gasteiger partial charge in [0.25, 0.3) is 0 Å². The SMILES string of the molecule is C=C/C=C(\C=C/C)c1nc2cc(CC)ccc2o1. The van der Waals surface area contributed by atoms with Crippen molar-refractivity contribution in [3.05, 3.63) is 60.5 Å². The molecule has 0 spiro atoms. The van der Waals surface area contributed by atoms with Crippen LogP contribution in [0.2, 0.25) is 0 Å². The summed E-state index contributed by atoms with van der Waals surface area (Å²) >= 11 is 0. The molecular weight excluding hydrogens is 222 g/mol. The summed E-state index contributed by atoms with van der Waals surface area (Å²) in [5, 5.41) is 0. The Hall–Kier alpha value is -2.09. The summed E-state index contributed by atoms with van der Waals surface area (Å²) in [7, 11) is 0. The van der Waals surface area contributed by atoms with Crippen molar-refractivity contribution in [2.24, 2.45) is 0 Å². The van der Waals surface area contributed by atoms with Gasteiger partial charge < -0.3 is 4.42 Å². The van der Waals surface area contributed by atoms with Gasteiger partial charge in [-0.3, -0.25) is 0 Å². The van der Waals surface area contributed by atoms with E-state index in [1.54, 1.807) is 6.08 Å². The summed E-state index contributed by atoms with van der Waals surface area (Å²) in [6.45, 7) is 7.81. The van der Waals surface area contributed by atoms with E-state index < -0.39 is 0 Å². The Kier molecular flexibility index (Phi) is 3.78. The standard InChI is InChI=1S/C16H17NO/c1-4-7-13(8-5-2)16-17-14-11-12(6-3)9-10-15(14)18-16/h4-5,7-11H,1,6H2,2-3H3/b8-5-,13-7+. The third kappa shape index (κ3) is 2.43. The first-order chi connectivity index (χ1) is 8.78. The van der Waals surface area contributed by atoms with Crippen molar-refractivity contribution in [3.63, 3.8) is 0 Å². The maximum absolute atomic E-state index is 5.76. The van der Waals surface area contributed by atoms with Crippen molar-refractivity contribution in [3.8, 4) is 0 Å². The number of benzene rings is 1. The van der Waals surface area contributed by atoms with Gasteiger partial charge in [0.1, 0.15) is 5.52 Å². The van der Waals surface area contributed by atoms with Gasteiger partial charge >= 0.3 is 0 Å². The lowest BCUT2D eigenvalue weighted by Gasteiger charge is -1.92. The van der Waals surface area contributed by atoms with Crippen LogP contribution in [0.5, 0.6) is 0 Å². The minimum Gasteiger partial charge on any atom is -0.436 e. The van der Waals surface area contributed by atoms with E-state index in [0.29, 0.717) is 5.89 Å². The molecule has 1 aromatic heterocycles. The van der Waals surface area contributed by atoms with Gasteiger partial charge in [-0.05, 0) is 31.0 Å². The monoisotopic (exact) mass is 239 g/mol. The first kappa shape index (κ1) is 12.4. The molecule has 0 N–H and O–H groups in total. The zero-order chi connectivity index (χ0) is 13.0. The molecule has 2 aromatic rings. The number of aryl methyl sites for hydroxylation is 1. The minimum absolute atomic E-state index is 0.635. The first-order valence-electron chi connectivity index (χ1n) is 6.13. The highest BCUT2D eigenvalue weighted by atomic mass is 16.3. The zero-order valence-electron chi connectivity index (χ0n) is 10.8. The predicted molar refractivity (Wildman–Crippen MR) is 76.4 cm³/mol. The molecule has 0 saturated carbocycles. The number of hydrogen-bond donors (Lipinski definition) is 0. The molecule has 2 rings (SSSR count). The van der Waals surface area contributed by atoms with Crippen LogP contribution >= 0.6 is 0 Å². The van der Waals surface area contributed by atoms with Crippen molar-refractivity contribution in [2.75, 3.05) is 0 Å². The molecule has 2 nitrogen and oxygen atoms in total. The van der Waals surface area contributed by atoms with E-state index in [2.05, 4.69) is 30.6 Å². The Bertz CT molecular complexity index is 617. The summed E-state index contributed by atoms with van der Waals surface area (Å²) in [6, 6.07) is 6.12. The van der Waals surface area contributed by atoms with Gasteiger partial charge in [-0.15, -0.1) is 0 Å². The lowest BCUT2D eigenvalue weighted by Crippen LogP contribution is -1.80. The second kappa shape index (κ2) is 5.50. The Morgan fingerprint density at radius 1 is 1.44 bits per heavy atom. The minimum atomic E-state index is 0.635. The molecular formula is C16H17NO. The first-order valence-corrected chi connectivity index (χ1v) is 6.13. The third-order valence-electron chi connectivity index (χ3n) is 2.75. The molecule has 92 valence electrons. The highest BCUT2D eigenvalue weighted by Crippen LogP contribution is 2.23. The van der Waals surface area contributed by atoms with Crippen LogP contribution in [0.15, 0.2) is 53.5 Å². The number of nitrogens with zero attached hydrogens (tertiary/aromatic N) is 1. The van der Waals surface area contributed by atoms with Crippen LogP contribution in [-0.2, 0) is 6.42 Å².